The highest BCUT2D eigenvalue weighted by atomic mass is 16.5. The Labute approximate surface area is 103 Å². The van der Waals surface area contributed by atoms with Gasteiger partial charge in [0.1, 0.15) is 18.6 Å². The summed E-state index contributed by atoms with van der Waals surface area (Å²) in [6, 6.07) is 0. The molecule has 1 aromatic rings. The van der Waals surface area contributed by atoms with Crippen LogP contribution in [0.2, 0.25) is 0 Å². The summed E-state index contributed by atoms with van der Waals surface area (Å²) < 4.78 is 5.68. The molecule has 1 heterocycles. The molecule has 0 aromatic carbocycles. The number of ether oxygens (including phenoxy) is 1. The average Bonchev–Trinajstić information content (AvgIpc) is 2.33. The van der Waals surface area contributed by atoms with Gasteiger partial charge in [0.2, 0.25) is 0 Å². The molecule has 0 saturated carbocycles. The number of carbonyl (C=O) groups excluding carboxylic acids is 1. The first-order chi connectivity index (χ1) is 8.15. The first-order valence-electron chi connectivity index (χ1n) is 5.81. The van der Waals surface area contributed by atoms with E-state index in [1.165, 1.54) is 0 Å². The number of hydrogen-bond acceptors (Lipinski definition) is 3. The predicted octanol–water partition coefficient (Wildman–Crippen LogP) is 2.57. The van der Waals surface area contributed by atoms with Gasteiger partial charge >= 0.3 is 0 Å². The highest BCUT2D eigenvalue weighted by Gasteiger charge is 2.15. The summed E-state index contributed by atoms with van der Waals surface area (Å²) in [6.45, 7) is 10.0. The Balaban J connectivity index is 3.32. The van der Waals surface area contributed by atoms with Crippen LogP contribution in [0.5, 0.6) is 5.75 Å². The molecule has 0 aliphatic heterocycles. The van der Waals surface area contributed by atoms with Crippen molar-refractivity contribution in [3.05, 3.63) is 35.2 Å². The molecule has 0 unspecified atom stereocenters. The molecule has 0 amide bonds. The molecule has 0 bridgehead atoms. The zero-order valence-corrected chi connectivity index (χ0v) is 10.7. The van der Waals surface area contributed by atoms with Crippen LogP contribution >= 0.6 is 0 Å². The normalized spacial score (nSPS) is 10.1. The Morgan fingerprint density at radius 1 is 1.41 bits per heavy atom. The third kappa shape index (κ3) is 2.93. The van der Waals surface area contributed by atoms with Crippen LogP contribution < -0.4 is 4.74 Å². The molecule has 92 valence electrons. The maximum Gasteiger partial charge on any atom is 0.129 e. The molecular formula is C14H19NO2. The first kappa shape index (κ1) is 13.4. The Kier molecular flexibility index (Phi) is 4.88. The van der Waals surface area contributed by atoms with Crippen LogP contribution in [0, 0.1) is 13.8 Å². The van der Waals surface area contributed by atoms with Gasteiger partial charge < -0.3 is 9.53 Å². The molecule has 3 nitrogen and oxygen atoms in total. The number of pyridine rings is 1. The molecule has 0 radical (unpaired) electrons. The lowest BCUT2D eigenvalue weighted by molar-refractivity contribution is -0.107. The summed E-state index contributed by atoms with van der Waals surface area (Å²) in [5, 5.41) is 0. The minimum absolute atomic E-state index is 0.351. The van der Waals surface area contributed by atoms with E-state index in [1.54, 1.807) is 6.08 Å². The van der Waals surface area contributed by atoms with E-state index in [0.29, 0.717) is 13.0 Å². The Hall–Kier alpha value is -1.64. The van der Waals surface area contributed by atoms with Gasteiger partial charge in [-0.1, -0.05) is 19.6 Å². The van der Waals surface area contributed by atoms with E-state index in [0.717, 1.165) is 41.0 Å². The molecule has 0 atom stereocenters. The molecule has 0 aliphatic carbocycles. The fraction of sp³-hybridized carbons (Fsp3) is 0.429. The van der Waals surface area contributed by atoms with Crippen molar-refractivity contribution in [3.63, 3.8) is 0 Å². The first-order valence-corrected chi connectivity index (χ1v) is 5.81. The molecule has 1 rings (SSSR count). The largest absolute Gasteiger partial charge is 0.489 e. The summed E-state index contributed by atoms with van der Waals surface area (Å²) in [4.78, 5) is 15.3. The van der Waals surface area contributed by atoms with Crippen LogP contribution in [0.4, 0.5) is 0 Å². The van der Waals surface area contributed by atoms with Crippen molar-refractivity contribution in [2.45, 2.75) is 33.6 Å². The van der Waals surface area contributed by atoms with Crippen molar-refractivity contribution < 1.29 is 9.53 Å². The Bertz CT molecular complexity index is 425. The van der Waals surface area contributed by atoms with Gasteiger partial charge in [0.25, 0.3) is 0 Å². The molecular weight excluding hydrogens is 214 g/mol. The topological polar surface area (TPSA) is 39.2 Å². The molecule has 0 N–H and O–H groups in total. The molecule has 0 aliphatic rings. The predicted molar refractivity (Wildman–Crippen MR) is 68.5 cm³/mol. The second-order valence-electron chi connectivity index (χ2n) is 3.90. The summed E-state index contributed by atoms with van der Waals surface area (Å²) in [5.74, 6) is 0.793. The number of rotatable bonds is 6. The summed E-state index contributed by atoms with van der Waals surface area (Å²) in [6.07, 6.45) is 3.75. The lowest BCUT2D eigenvalue weighted by Crippen LogP contribution is -2.08. The van der Waals surface area contributed by atoms with Gasteiger partial charge in [-0.05, 0) is 20.3 Å². The molecule has 0 fully saturated rings. The van der Waals surface area contributed by atoms with Gasteiger partial charge in [0.05, 0.1) is 0 Å². The van der Waals surface area contributed by atoms with E-state index in [9.17, 15) is 4.79 Å². The third-order valence-corrected chi connectivity index (χ3v) is 2.78. The van der Waals surface area contributed by atoms with Crippen molar-refractivity contribution in [3.8, 4) is 5.75 Å². The van der Waals surface area contributed by atoms with Crippen LogP contribution in [0.1, 0.15) is 29.4 Å². The van der Waals surface area contributed by atoms with E-state index in [-0.39, 0.29) is 0 Å². The molecule has 0 spiro atoms. The van der Waals surface area contributed by atoms with Gasteiger partial charge in [0, 0.05) is 28.9 Å². The van der Waals surface area contributed by atoms with Crippen LogP contribution in [0.25, 0.3) is 0 Å². The summed E-state index contributed by atoms with van der Waals surface area (Å²) in [5.41, 5.74) is 3.81. The highest BCUT2D eigenvalue weighted by Crippen LogP contribution is 2.28. The van der Waals surface area contributed by atoms with E-state index in [2.05, 4.69) is 11.6 Å². The monoisotopic (exact) mass is 233 g/mol. The second kappa shape index (κ2) is 6.18. The fourth-order valence-electron chi connectivity index (χ4n) is 1.80. The number of hydrogen-bond donors (Lipinski definition) is 0. The van der Waals surface area contributed by atoms with Crippen molar-refractivity contribution in [2.75, 3.05) is 6.61 Å². The van der Waals surface area contributed by atoms with Gasteiger partial charge in [-0.15, -0.1) is 0 Å². The number of aryl methyl sites for hydroxylation is 2. The molecule has 3 heteroatoms. The number of nitrogens with zero attached hydrogens (tertiary/aromatic N) is 1. The number of aromatic nitrogens is 1. The van der Waals surface area contributed by atoms with Crippen molar-refractivity contribution in [1.29, 1.82) is 0 Å². The van der Waals surface area contributed by atoms with Crippen molar-refractivity contribution >= 4 is 6.29 Å². The summed E-state index contributed by atoms with van der Waals surface area (Å²) >= 11 is 0. The minimum atomic E-state index is 0.351. The van der Waals surface area contributed by atoms with Crippen LogP contribution in [-0.2, 0) is 17.6 Å². The van der Waals surface area contributed by atoms with Crippen LogP contribution in [0.3, 0.4) is 0 Å². The third-order valence-electron chi connectivity index (χ3n) is 2.78. The number of aldehydes is 1. The van der Waals surface area contributed by atoms with Gasteiger partial charge in [-0.2, -0.15) is 0 Å². The smallest absolute Gasteiger partial charge is 0.129 e. The second-order valence-corrected chi connectivity index (χ2v) is 3.90. The highest BCUT2D eigenvalue weighted by molar-refractivity contribution is 5.60. The standard InChI is InChI=1S/C14H19NO2/c1-5-9-17-14-10(3)11(4)15-13(6-2)12(14)7-8-16/h5,8H,1,6-7,9H2,2-4H3. The number of carbonyl (C=O) groups is 1. The van der Waals surface area contributed by atoms with E-state index in [4.69, 9.17) is 4.74 Å². The van der Waals surface area contributed by atoms with Crippen LogP contribution in [-0.4, -0.2) is 17.9 Å². The van der Waals surface area contributed by atoms with E-state index < -0.39 is 0 Å². The Morgan fingerprint density at radius 3 is 2.65 bits per heavy atom. The Morgan fingerprint density at radius 2 is 2.12 bits per heavy atom. The fourth-order valence-corrected chi connectivity index (χ4v) is 1.80. The van der Waals surface area contributed by atoms with E-state index in [1.807, 2.05) is 20.8 Å². The summed E-state index contributed by atoms with van der Waals surface area (Å²) in [7, 11) is 0. The lowest BCUT2D eigenvalue weighted by Gasteiger charge is -2.16. The SMILES string of the molecule is C=CCOc1c(C)c(C)nc(CC)c1CC=O. The van der Waals surface area contributed by atoms with Crippen molar-refractivity contribution in [1.82, 2.24) is 4.98 Å². The maximum absolute atomic E-state index is 10.8. The van der Waals surface area contributed by atoms with Gasteiger partial charge in [-0.3, -0.25) is 4.98 Å². The minimum Gasteiger partial charge on any atom is -0.489 e. The molecule has 1 aromatic heterocycles. The maximum atomic E-state index is 10.8. The zero-order chi connectivity index (χ0) is 12.8. The lowest BCUT2D eigenvalue weighted by atomic mass is 10.0. The average molecular weight is 233 g/mol. The quantitative estimate of drug-likeness (QED) is 0.560. The molecule has 0 saturated heterocycles. The van der Waals surface area contributed by atoms with Gasteiger partial charge in [-0.25, -0.2) is 0 Å². The van der Waals surface area contributed by atoms with Crippen LogP contribution in [0.15, 0.2) is 12.7 Å². The molecule has 17 heavy (non-hydrogen) atoms. The zero-order valence-electron chi connectivity index (χ0n) is 10.7. The van der Waals surface area contributed by atoms with Crippen molar-refractivity contribution in [2.24, 2.45) is 0 Å². The van der Waals surface area contributed by atoms with Gasteiger partial charge in [0.15, 0.2) is 0 Å². The van der Waals surface area contributed by atoms with E-state index >= 15 is 0 Å².